The van der Waals surface area contributed by atoms with Gasteiger partial charge in [0, 0.05) is 5.56 Å². The molecule has 6 nitrogen and oxygen atoms in total. The van der Waals surface area contributed by atoms with Crippen molar-refractivity contribution in [2.45, 2.75) is 19.1 Å². The normalized spacial score (nSPS) is 11.7. The van der Waals surface area contributed by atoms with Crippen molar-refractivity contribution in [1.29, 1.82) is 0 Å². The molecule has 0 spiro atoms. The van der Waals surface area contributed by atoms with E-state index >= 15 is 0 Å². The van der Waals surface area contributed by atoms with Crippen LogP contribution in [0, 0.1) is 0 Å². The summed E-state index contributed by atoms with van der Waals surface area (Å²) in [6.07, 6.45) is 0.942. The van der Waals surface area contributed by atoms with E-state index in [4.69, 9.17) is 9.63 Å². The highest BCUT2D eigenvalue weighted by molar-refractivity contribution is 7.90. The smallest absolute Gasteiger partial charge is 0.242 e. The van der Waals surface area contributed by atoms with Gasteiger partial charge in [-0.2, -0.15) is 4.98 Å². The van der Waals surface area contributed by atoms with E-state index < -0.39 is 16.4 Å². The average Bonchev–Trinajstić information content (AvgIpc) is 2.86. The quantitative estimate of drug-likeness (QED) is 0.861. The molecule has 0 aliphatic carbocycles. The lowest BCUT2D eigenvalue weighted by atomic mass is 10.1. The second-order valence-corrected chi connectivity index (χ2v) is 6.56. The Balaban J connectivity index is 2.16. The minimum absolute atomic E-state index is 0.0352. The number of benzene rings is 1. The highest BCUT2D eigenvalue weighted by Crippen LogP contribution is 2.17. The third-order valence-corrected chi connectivity index (χ3v) is 4.33. The summed E-state index contributed by atoms with van der Waals surface area (Å²) in [7, 11) is -3.41. The number of aliphatic hydroxyl groups excluding tert-OH is 1. The van der Waals surface area contributed by atoms with Gasteiger partial charge in [0.2, 0.25) is 11.7 Å². The molecule has 0 aliphatic rings. The molecule has 0 atom stereocenters. The molecule has 0 radical (unpaired) electrons. The Kier molecular flexibility index (Phi) is 4.51. The Morgan fingerprint density at radius 2 is 1.95 bits per heavy atom. The first-order valence-electron chi connectivity index (χ1n) is 6.27. The van der Waals surface area contributed by atoms with Gasteiger partial charge in [-0.25, -0.2) is 8.42 Å². The van der Waals surface area contributed by atoms with Gasteiger partial charge in [-0.05, 0) is 12.0 Å². The molecule has 7 heteroatoms. The highest BCUT2D eigenvalue weighted by atomic mass is 32.2. The largest absolute Gasteiger partial charge is 0.395 e. The summed E-state index contributed by atoms with van der Waals surface area (Å²) in [5, 5.41) is 12.4. The first kappa shape index (κ1) is 14.7. The van der Waals surface area contributed by atoms with E-state index in [-0.39, 0.29) is 17.4 Å². The highest BCUT2D eigenvalue weighted by Gasteiger charge is 2.17. The Bertz CT molecular complexity index is 662. The van der Waals surface area contributed by atoms with Crippen molar-refractivity contribution >= 4 is 9.84 Å². The number of aryl methyl sites for hydroxylation is 1. The maximum Gasteiger partial charge on any atom is 0.242 e. The number of aromatic nitrogens is 2. The van der Waals surface area contributed by atoms with E-state index in [0.717, 1.165) is 12.0 Å². The number of hydrogen-bond acceptors (Lipinski definition) is 6. The molecule has 1 aromatic heterocycles. The molecule has 0 unspecified atom stereocenters. The number of aliphatic hydroxyl groups is 1. The third-order valence-electron chi connectivity index (χ3n) is 2.83. The van der Waals surface area contributed by atoms with Crippen LogP contribution in [0.3, 0.4) is 0 Å². The summed E-state index contributed by atoms with van der Waals surface area (Å²) in [4.78, 5) is 4.06. The van der Waals surface area contributed by atoms with E-state index in [9.17, 15) is 8.42 Å². The van der Waals surface area contributed by atoms with Gasteiger partial charge >= 0.3 is 0 Å². The maximum atomic E-state index is 11.5. The van der Waals surface area contributed by atoms with Gasteiger partial charge in [-0.1, -0.05) is 36.3 Å². The minimum atomic E-state index is -3.41. The first-order chi connectivity index (χ1) is 9.54. The summed E-state index contributed by atoms with van der Waals surface area (Å²) in [6.45, 7) is 1.65. The molecular formula is C13H16N2O4S. The van der Waals surface area contributed by atoms with E-state index in [1.165, 1.54) is 5.56 Å². The second kappa shape index (κ2) is 6.15. The zero-order valence-electron chi connectivity index (χ0n) is 11.1. The molecule has 0 amide bonds. The second-order valence-electron chi connectivity index (χ2n) is 4.38. The standard InChI is InChI=1S/C13H16N2O4S/c1-2-10-3-5-11(6-4-10)13-14-12(19-15-13)9-20(17,18)8-7-16/h3-6,16H,2,7-9H2,1H3. The van der Waals surface area contributed by atoms with Crippen molar-refractivity contribution in [2.75, 3.05) is 12.4 Å². The summed E-state index contributed by atoms with van der Waals surface area (Å²) >= 11 is 0. The average molecular weight is 296 g/mol. The predicted octanol–water partition coefficient (Wildman–Crippen LogP) is 1.21. The number of hydrogen-bond donors (Lipinski definition) is 1. The summed E-state index contributed by atoms with van der Waals surface area (Å²) in [5.41, 5.74) is 1.97. The van der Waals surface area contributed by atoms with Crippen molar-refractivity contribution < 1.29 is 18.0 Å². The first-order valence-corrected chi connectivity index (χ1v) is 8.09. The van der Waals surface area contributed by atoms with Crippen LogP contribution in [0.1, 0.15) is 18.4 Å². The molecule has 0 fully saturated rings. The van der Waals surface area contributed by atoms with E-state index in [0.29, 0.717) is 5.82 Å². The molecule has 1 aromatic carbocycles. The van der Waals surface area contributed by atoms with Crippen LogP contribution in [-0.2, 0) is 22.0 Å². The molecule has 0 saturated carbocycles. The van der Waals surface area contributed by atoms with Crippen molar-refractivity contribution in [3.8, 4) is 11.4 Å². The number of nitrogens with zero attached hydrogens (tertiary/aromatic N) is 2. The monoisotopic (exact) mass is 296 g/mol. The predicted molar refractivity (Wildman–Crippen MR) is 73.7 cm³/mol. The van der Waals surface area contributed by atoms with E-state index in [1.807, 2.05) is 24.3 Å². The van der Waals surface area contributed by atoms with Crippen LogP contribution < -0.4 is 0 Å². The molecular weight excluding hydrogens is 280 g/mol. The Morgan fingerprint density at radius 3 is 2.55 bits per heavy atom. The van der Waals surface area contributed by atoms with Crippen LogP contribution in [0.5, 0.6) is 0 Å². The lowest BCUT2D eigenvalue weighted by molar-refractivity contribution is 0.319. The minimum Gasteiger partial charge on any atom is -0.395 e. The van der Waals surface area contributed by atoms with Gasteiger partial charge in [0.15, 0.2) is 9.84 Å². The Hall–Kier alpha value is -1.73. The van der Waals surface area contributed by atoms with Crippen molar-refractivity contribution in [3.63, 3.8) is 0 Å². The summed E-state index contributed by atoms with van der Waals surface area (Å²) in [5.74, 6) is -0.265. The molecule has 1 heterocycles. The van der Waals surface area contributed by atoms with Gasteiger partial charge < -0.3 is 9.63 Å². The molecule has 1 N–H and O–H groups in total. The number of sulfone groups is 1. The zero-order chi connectivity index (χ0) is 14.6. The molecule has 0 saturated heterocycles. The fourth-order valence-corrected chi connectivity index (χ4v) is 2.64. The fraction of sp³-hybridized carbons (Fsp3) is 0.385. The van der Waals surface area contributed by atoms with Crippen molar-refractivity contribution in [2.24, 2.45) is 0 Å². The van der Waals surface area contributed by atoms with Crippen LogP contribution >= 0.6 is 0 Å². The number of rotatable bonds is 6. The van der Waals surface area contributed by atoms with Gasteiger partial charge in [-0.3, -0.25) is 0 Å². The lowest BCUT2D eigenvalue weighted by Crippen LogP contribution is -2.12. The van der Waals surface area contributed by atoms with E-state index in [2.05, 4.69) is 17.1 Å². The summed E-state index contributed by atoms with van der Waals surface area (Å²) < 4.78 is 28.0. The fourth-order valence-electron chi connectivity index (χ4n) is 1.72. The molecule has 0 aliphatic heterocycles. The molecule has 2 rings (SSSR count). The van der Waals surface area contributed by atoms with E-state index in [1.54, 1.807) is 0 Å². The van der Waals surface area contributed by atoms with Crippen LogP contribution in [0.15, 0.2) is 28.8 Å². The van der Waals surface area contributed by atoms with Crippen molar-refractivity contribution in [3.05, 3.63) is 35.7 Å². The van der Waals surface area contributed by atoms with Crippen LogP contribution in [-0.4, -0.2) is 36.0 Å². The van der Waals surface area contributed by atoms with Gasteiger partial charge in [0.25, 0.3) is 0 Å². The summed E-state index contributed by atoms with van der Waals surface area (Å²) in [6, 6.07) is 7.67. The third kappa shape index (κ3) is 3.64. The molecule has 20 heavy (non-hydrogen) atoms. The van der Waals surface area contributed by atoms with Crippen molar-refractivity contribution in [1.82, 2.24) is 10.1 Å². The van der Waals surface area contributed by atoms with Crippen LogP contribution in [0.25, 0.3) is 11.4 Å². The van der Waals surface area contributed by atoms with Crippen LogP contribution in [0.4, 0.5) is 0 Å². The lowest BCUT2D eigenvalue weighted by Gasteiger charge is -1.97. The molecule has 0 bridgehead atoms. The van der Waals surface area contributed by atoms with Crippen LogP contribution in [0.2, 0.25) is 0 Å². The zero-order valence-corrected chi connectivity index (χ0v) is 11.9. The Labute approximate surface area is 117 Å². The molecule has 2 aromatic rings. The van der Waals surface area contributed by atoms with Gasteiger partial charge in [0.05, 0.1) is 12.4 Å². The maximum absolute atomic E-state index is 11.5. The van der Waals surface area contributed by atoms with Gasteiger partial charge in [-0.15, -0.1) is 0 Å². The topological polar surface area (TPSA) is 93.3 Å². The Morgan fingerprint density at radius 1 is 1.25 bits per heavy atom. The molecule has 108 valence electrons. The SMILES string of the molecule is CCc1ccc(-c2noc(CS(=O)(=O)CCO)n2)cc1. The van der Waals surface area contributed by atoms with Gasteiger partial charge in [0.1, 0.15) is 5.75 Å².